The minimum atomic E-state index is -1.22. The summed E-state index contributed by atoms with van der Waals surface area (Å²) >= 11 is 0. The van der Waals surface area contributed by atoms with Crippen LogP contribution in [-0.4, -0.2) is 61.3 Å². The van der Waals surface area contributed by atoms with Gasteiger partial charge in [-0.3, -0.25) is 9.59 Å². The van der Waals surface area contributed by atoms with Crippen molar-refractivity contribution in [1.29, 1.82) is 0 Å². The van der Waals surface area contributed by atoms with Crippen LogP contribution in [0.3, 0.4) is 0 Å². The standard InChI is InChI=1S/C19H33NO6/c1-20(2,3)15-16(14-18(23)24)26-19(25)13-11-9-7-5-4-6-8-10-12-17(21)22/h6,8,16H,4-5,7,9-15H2,1-3H3,(H-,21,22,23,24)/b8-6+. The maximum absolute atomic E-state index is 11.9. The van der Waals surface area contributed by atoms with Crippen LogP contribution in [0.5, 0.6) is 0 Å². The molecule has 0 amide bonds. The van der Waals surface area contributed by atoms with Crippen molar-refractivity contribution in [2.45, 2.75) is 63.9 Å². The quantitative estimate of drug-likeness (QED) is 0.202. The zero-order valence-corrected chi connectivity index (χ0v) is 16.2. The van der Waals surface area contributed by atoms with Gasteiger partial charge in [-0.2, -0.15) is 0 Å². The number of carbonyl (C=O) groups excluding carboxylic acids is 2. The number of hydrogen-bond acceptors (Lipinski definition) is 5. The minimum absolute atomic E-state index is 0.158. The number of unbranched alkanes of at least 4 members (excludes halogenated alkanes) is 4. The summed E-state index contributed by atoms with van der Waals surface area (Å²) in [6.07, 6.45) is 8.43. The predicted octanol–water partition coefficient (Wildman–Crippen LogP) is 1.51. The second-order valence-electron chi connectivity index (χ2n) is 7.52. The number of quaternary nitrogens is 1. The van der Waals surface area contributed by atoms with E-state index in [1.54, 1.807) is 0 Å². The zero-order valence-electron chi connectivity index (χ0n) is 16.2. The minimum Gasteiger partial charge on any atom is -0.550 e. The van der Waals surface area contributed by atoms with E-state index in [1.165, 1.54) is 0 Å². The van der Waals surface area contributed by atoms with Gasteiger partial charge in [0.2, 0.25) is 0 Å². The maximum atomic E-state index is 11.9. The highest BCUT2D eigenvalue weighted by Crippen LogP contribution is 2.10. The molecular weight excluding hydrogens is 338 g/mol. The second kappa shape index (κ2) is 13.3. The molecule has 0 saturated carbocycles. The van der Waals surface area contributed by atoms with Gasteiger partial charge in [0.05, 0.1) is 21.1 Å². The molecule has 7 heteroatoms. The maximum Gasteiger partial charge on any atom is 0.306 e. The van der Waals surface area contributed by atoms with E-state index in [2.05, 4.69) is 0 Å². The van der Waals surface area contributed by atoms with Gasteiger partial charge in [-0.25, -0.2) is 0 Å². The third-order valence-electron chi connectivity index (χ3n) is 3.64. The number of carbonyl (C=O) groups is 3. The van der Waals surface area contributed by atoms with Crippen molar-refractivity contribution in [3.8, 4) is 0 Å². The van der Waals surface area contributed by atoms with Crippen LogP contribution in [0.25, 0.3) is 0 Å². The van der Waals surface area contributed by atoms with E-state index in [1.807, 2.05) is 33.3 Å². The fourth-order valence-corrected chi connectivity index (χ4v) is 2.51. The Labute approximate surface area is 156 Å². The first-order chi connectivity index (χ1) is 12.1. The van der Waals surface area contributed by atoms with Gasteiger partial charge in [-0.15, -0.1) is 0 Å². The van der Waals surface area contributed by atoms with E-state index >= 15 is 0 Å². The van der Waals surface area contributed by atoms with Gasteiger partial charge in [-0.1, -0.05) is 25.0 Å². The van der Waals surface area contributed by atoms with Crippen molar-refractivity contribution in [1.82, 2.24) is 0 Å². The van der Waals surface area contributed by atoms with E-state index < -0.39 is 18.0 Å². The monoisotopic (exact) mass is 371 g/mol. The lowest BCUT2D eigenvalue weighted by molar-refractivity contribution is -0.873. The lowest BCUT2D eigenvalue weighted by Gasteiger charge is -2.29. The van der Waals surface area contributed by atoms with E-state index in [0.717, 1.165) is 25.7 Å². The molecule has 0 aliphatic heterocycles. The zero-order chi connectivity index (χ0) is 20.0. The molecule has 0 spiro atoms. The van der Waals surface area contributed by atoms with Crippen LogP contribution in [0.4, 0.5) is 0 Å². The molecule has 150 valence electrons. The molecule has 0 heterocycles. The van der Waals surface area contributed by atoms with Gasteiger partial charge in [0.1, 0.15) is 6.54 Å². The van der Waals surface area contributed by atoms with Gasteiger partial charge < -0.3 is 24.2 Å². The van der Waals surface area contributed by atoms with E-state index in [9.17, 15) is 19.5 Å². The number of rotatable bonds is 15. The average molecular weight is 371 g/mol. The highest BCUT2D eigenvalue weighted by molar-refractivity contribution is 5.70. The van der Waals surface area contributed by atoms with Gasteiger partial charge in [0.15, 0.2) is 6.10 Å². The average Bonchev–Trinajstić information content (AvgIpc) is 2.46. The molecule has 0 rings (SSSR count). The number of allylic oxidation sites excluding steroid dienone is 2. The molecule has 0 aromatic carbocycles. The van der Waals surface area contributed by atoms with Gasteiger partial charge in [-0.05, 0) is 25.7 Å². The summed E-state index contributed by atoms with van der Waals surface area (Å²) in [7, 11) is 5.73. The molecule has 0 aromatic heterocycles. The Balaban J connectivity index is 3.85. The topological polar surface area (TPSA) is 104 Å². The van der Waals surface area contributed by atoms with Gasteiger partial charge in [0.25, 0.3) is 0 Å². The Hall–Kier alpha value is -1.89. The molecule has 1 atom stereocenters. The highest BCUT2D eigenvalue weighted by atomic mass is 16.5. The number of nitrogens with zero attached hydrogens (tertiary/aromatic N) is 1. The first-order valence-corrected chi connectivity index (χ1v) is 9.16. The predicted molar refractivity (Wildman–Crippen MR) is 96.1 cm³/mol. The largest absolute Gasteiger partial charge is 0.550 e. The Morgan fingerprint density at radius 2 is 1.62 bits per heavy atom. The summed E-state index contributed by atoms with van der Waals surface area (Å²) in [6, 6.07) is 0. The summed E-state index contributed by atoms with van der Waals surface area (Å²) in [5.41, 5.74) is 0. The lowest BCUT2D eigenvalue weighted by Crippen LogP contribution is -2.45. The van der Waals surface area contributed by atoms with Crippen LogP contribution >= 0.6 is 0 Å². The highest BCUT2D eigenvalue weighted by Gasteiger charge is 2.22. The van der Waals surface area contributed by atoms with Crippen LogP contribution in [0.2, 0.25) is 0 Å². The SMILES string of the molecule is C[N+](C)(C)CC(CC(=O)[O-])OC(=O)CCCCCC/C=C/CCC(=O)O. The molecule has 0 aliphatic rings. The fraction of sp³-hybridized carbons (Fsp3) is 0.737. The van der Waals surface area contributed by atoms with Crippen LogP contribution in [0.1, 0.15) is 57.8 Å². The van der Waals surface area contributed by atoms with Gasteiger partial charge >= 0.3 is 11.9 Å². The lowest BCUT2D eigenvalue weighted by atomic mass is 10.1. The normalized spacial score (nSPS) is 12.9. The summed E-state index contributed by atoms with van der Waals surface area (Å²) in [4.78, 5) is 33.0. The van der Waals surface area contributed by atoms with Crippen molar-refractivity contribution < 1.29 is 33.8 Å². The molecule has 0 saturated heterocycles. The third-order valence-corrected chi connectivity index (χ3v) is 3.64. The number of ether oxygens (including phenoxy) is 1. The molecule has 1 unspecified atom stereocenters. The molecule has 0 aromatic rings. The first-order valence-electron chi connectivity index (χ1n) is 9.16. The number of likely N-dealkylation sites (N-methyl/N-ethyl adjacent to an activating group) is 1. The Bertz CT molecular complexity index is 467. The van der Waals surface area contributed by atoms with Crippen LogP contribution in [0, 0.1) is 0 Å². The Morgan fingerprint density at radius 3 is 2.19 bits per heavy atom. The summed E-state index contributed by atoms with van der Waals surface area (Å²) < 4.78 is 5.80. The molecule has 0 radical (unpaired) electrons. The van der Waals surface area contributed by atoms with E-state index in [-0.39, 0.29) is 25.2 Å². The Morgan fingerprint density at radius 1 is 1.00 bits per heavy atom. The second-order valence-corrected chi connectivity index (χ2v) is 7.52. The molecule has 0 aliphatic carbocycles. The van der Waals surface area contributed by atoms with E-state index in [4.69, 9.17) is 9.84 Å². The van der Waals surface area contributed by atoms with Crippen LogP contribution in [0.15, 0.2) is 12.2 Å². The molecule has 7 nitrogen and oxygen atoms in total. The van der Waals surface area contributed by atoms with Crippen molar-refractivity contribution in [2.24, 2.45) is 0 Å². The first kappa shape index (κ1) is 24.1. The smallest absolute Gasteiger partial charge is 0.306 e. The van der Waals surface area contributed by atoms with Gasteiger partial charge in [0, 0.05) is 25.2 Å². The third kappa shape index (κ3) is 17.0. The van der Waals surface area contributed by atoms with Crippen LogP contribution in [-0.2, 0) is 19.1 Å². The fourth-order valence-electron chi connectivity index (χ4n) is 2.51. The van der Waals surface area contributed by atoms with Crippen molar-refractivity contribution in [2.75, 3.05) is 27.7 Å². The van der Waals surface area contributed by atoms with Crippen molar-refractivity contribution in [3.05, 3.63) is 12.2 Å². The molecule has 0 fully saturated rings. The molecule has 26 heavy (non-hydrogen) atoms. The Kier molecular flexibility index (Phi) is 12.4. The number of esters is 1. The number of carboxylic acid groups (broad SMARTS) is 2. The molecular formula is C19H33NO6. The van der Waals surface area contributed by atoms with Crippen LogP contribution < -0.4 is 5.11 Å². The number of hydrogen-bond donors (Lipinski definition) is 1. The molecule has 1 N–H and O–H groups in total. The van der Waals surface area contributed by atoms with Crippen molar-refractivity contribution >= 4 is 17.9 Å². The summed E-state index contributed by atoms with van der Waals surface area (Å²) in [5.74, 6) is -2.37. The summed E-state index contributed by atoms with van der Waals surface area (Å²) in [6.45, 7) is 0.425. The van der Waals surface area contributed by atoms with E-state index in [0.29, 0.717) is 23.9 Å². The summed E-state index contributed by atoms with van der Waals surface area (Å²) in [5, 5.41) is 19.3. The molecule has 0 bridgehead atoms. The number of aliphatic carboxylic acids is 2. The van der Waals surface area contributed by atoms with Crippen molar-refractivity contribution in [3.63, 3.8) is 0 Å². The number of carboxylic acids is 2.